The second-order valence-corrected chi connectivity index (χ2v) is 17.0. The molecule has 0 bridgehead atoms. The van der Waals surface area contributed by atoms with E-state index < -0.39 is 24.0 Å². The molecule has 1 saturated heterocycles. The molecule has 2 aliphatic rings. The molecule has 0 unspecified atom stereocenters. The van der Waals surface area contributed by atoms with Gasteiger partial charge in [-0.15, -0.1) is 0 Å². The number of rotatable bonds is 9. The zero-order valence-electron chi connectivity index (χ0n) is 20.6. The number of ether oxygens (including phenoxy) is 1. The first-order valence-corrected chi connectivity index (χ1v) is 16.1. The standard InChI is InChI=1S/C22H43NO6SSi/c1-8-31(9-2,10-3)29-22(13-15-27-30(7,25)26)16-21(17-22)12-11-14-23(18-21)19(24)28-20(4,5)6/h8-18H2,1-7H3. The third kappa shape index (κ3) is 7.17. The molecule has 1 spiro atoms. The van der Waals surface area contributed by atoms with Crippen molar-refractivity contribution >= 4 is 24.5 Å². The van der Waals surface area contributed by atoms with Gasteiger partial charge in [0.1, 0.15) is 5.60 Å². The summed E-state index contributed by atoms with van der Waals surface area (Å²) >= 11 is 0. The molecule has 1 saturated carbocycles. The number of amides is 1. The number of carbonyl (C=O) groups is 1. The second kappa shape index (κ2) is 9.69. The SMILES string of the molecule is CC[Si](CC)(CC)OC1(CCOS(C)(=O)=O)CC2(CCCN(C(=O)OC(C)(C)C)C2)C1. The quantitative estimate of drug-likeness (QED) is 0.346. The van der Waals surface area contributed by atoms with Crippen LogP contribution in [-0.2, 0) is 23.5 Å². The van der Waals surface area contributed by atoms with Crippen molar-refractivity contribution in [1.82, 2.24) is 4.90 Å². The summed E-state index contributed by atoms with van der Waals surface area (Å²) in [4.78, 5) is 14.5. The van der Waals surface area contributed by atoms with E-state index in [1.165, 1.54) is 0 Å². The summed E-state index contributed by atoms with van der Waals surface area (Å²) in [5, 5.41) is 0. The van der Waals surface area contributed by atoms with Crippen LogP contribution in [0.3, 0.4) is 0 Å². The van der Waals surface area contributed by atoms with Gasteiger partial charge in [-0.1, -0.05) is 20.8 Å². The molecule has 31 heavy (non-hydrogen) atoms. The van der Waals surface area contributed by atoms with Crippen molar-refractivity contribution in [3.05, 3.63) is 0 Å². The third-order valence-electron chi connectivity index (χ3n) is 6.93. The van der Waals surface area contributed by atoms with E-state index in [0.717, 1.165) is 56.6 Å². The molecule has 1 aliphatic heterocycles. The minimum Gasteiger partial charge on any atom is -0.444 e. The van der Waals surface area contributed by atoms with Gasteiger partial charge in [-0.2, -0.15) is 8.42 Å². The first-order chi connectivity index (χ1) is 14.2. The number of nitrogens with zero attached hydrogens (tertiary/aromatic N) is 1. The van der Waals surface area contributed by atoms with Gasteiger partial charge in [0.25, 0.3) is 10.1 Å². The smallest absolute Gasteiger partial charge is 0.410 e. The van der Waals surface area contributed by atoms with Gasteiger partial charge in [-0.05, 0) is 70.0 Å². The van der Waals surface area contributed by atoms with E-state index in [2.05, 4.69) is 20.8 Å². The number of likely N-dealkylation sites (tertiary alicyclic amines) is 1. The first kappa shape index (κ1) is 26.6. The lowest BCUT2D eigenvalue weighted by Crippen LogP contribution is -2.64. The largest absolute Gasteiger partial charge is 0.444 e. The van der Waals surface area contributed by atoms with Crippen LogP contribution in [0.2, 0.25) is 18.1 Å². The Morgan fingerprint density at radius 3 is 2.16 bits per heavy atom. The van der Waals surface area contributed by atoms with Gasteiger partial charge in [-0.25, -0.2) is 4.79 Å². The third-order valence-corrected chi connectivity index (χ3v) is 12.3. The average molecular weight is 478 g/mol. The Morgan fingerprint density at radius 2 is 1.68 bits per heavy atom. The zero-order chi connectivity index (χ0) is 23.6. The van der Waals surface area contributed by atoms with Gasteiger partial charge >= 0.3 is 6.09 Å². The van der Waals surface area contributed by atoms with E-state index in [-0.39, 0.29) is 23.7 Å². The fourth-order valence-electron chi connectivity index (χ4n) is 5.40. The van der Waals surface area contributed by atoms with Crippen molar-refractivity contribution < 1.29 is 26.6 Å². The highest BCUT2D eigenvalue weighted by atomic mass is 32.2. The molecule has 182 valence electrons. The summed E-state index contributed by atoms with van der Waals surface area (Å²) in [5.41, 5.74) is -0.836. The highest BCUT2D eigenvalue weighted by Crippen LogP contribution is 2.58. The topological polar surface area (TPSA) is 82.1 Å². The molecular formula is C22H43NO6SSi. The number of hydrogen-bond acceptors (Lipinski definition) is 6. The number of carbonyl (C=O) groups excluding carboxylic acids is 1. The van der Waals surface area contributed by atoms with Crippen molar-refractivity contribution in [3.63, 3.8) is 0 Å². The Labute approximate surface area is 190 Å². The fourth-order valence-corrected chi connectivity index (χ4v) is 8.88. The van der Waals surface area contributed by atoms with E-state index in [4.69, 9.17) is 13.3 Å². The van der Waals surface area contributed by atoms with Crippen LogP contribution in [0.4, 0.5) is 4.79 Å². The lowest BCUT2D eigenvalue weighted by Gasteiger charge is -2.61. The predicted molar refractivity (Wildman–Crippen MR) is 125 cm³/mol. The zero-order valence-corrected chi connectivity index (χ0v) is 22.4. The molecular weight excluding hydrogens is 434 g/mol. The lowest BCUT2D eigenvalue weighted by atomic mass is 9.55. The summed E-state index contributed by atoms with van der Waals surface area (Å²) in [7, 11) is -5.35. The lowest BCUT2D eigenvalue weighted by molar-refractivity contribution is -0.147. The number of hydrogen-bond donors (Lipinski definition) is 0. The molecule has 0 aromatic heterocycles. The minimum absolute atomic E-state index is 0.0234. The van der Waals surface area contributed by atoms with Gasteiger partial charge < -0.3 is 14.1 Å². The maximum absolute atomic E-state index is 12.6. The Balaban J connectivity index is 2.14. The van der Waals surface area contributed by atoms with Crippen LogP contribution in [0, 0.1) is 5.41 Å². The van der Waals surface area contributed by atoms with Crippen LogP contribution in [0.15, 0.2) is 0 Å². The van der Waals surface area contributed by atoms with Crippen LogP contribution in [-0.4, -0.2) is 64.9 Å². The predicted octanol–water partition coefficient (Wildman–Crippen LogP) is 4.92. The van der Waals surface area contributed by atoms with E-state index in [9.17, 15) is 13.2 Å². The first-order valence-electron chi connectivity index (χ1n) is 11.7. The molecule has 0 N–H and O–H groups in total. The van der Waals surface area contributed by atoms with Crippen molar-refractivity contribution in [3.8, 4) is 0 Å². The molecule has 2 rings (SSSR count). The summed E-state index contributed by atoms with van der Waals surface area (Å²) < 4.78 is 40.6. The van der Waals surface area contributed by atoms with Crippen LogP contribution in [0.5, 0.6) is 0 Å². The molecule has 2 fully saturated rings. The Bertz CT molecular complexity index is 715. The van der Waals surface area contributed by atoms with Gasteiger partial charge in [0, 0.05) is 19.5 Å². The summed E-state index contributed by atoms with van der Waals surface area (Å²) in [5.74, 6) is 0. The van der Waals surface area contributed by atoms with Crippen LogP contribution in [0.25, 0.3) is 0 Å². The van der Waals surface area contributed by atoms with Crippen LogP contribution < -0.4 is 0 Å². The molecule has 1 heterocycles. The monoisotopic (exact) mass is 477 g/mol. The molecule has 7 nitrogen and oxygen atoms in total. The van der Waals surface area contributed by atoms with Crippen molar-refractivity contribution in [1.29, 1.82) is 0 Å². The summed E-state index contributed by atoms with van der Waals surface area (Å²) in [6, 6.07) is 3.14. The van der Waals surface area contributed by atoms with Crippen molar-refractivity contribution in [2.75, 3.05) is 26.0 Å². The molecule has 0 aromatic carbocycles. The summed E-state index contributed by atoms with van der Waals surface area (Å²) in [6.07, 6.45) is 5.12. The maximum Gasteiger partial charge on any atom is 0.410 e. The molecule has 0 radical (unpaired) electrons. The van der Waals surface area contributed by atoms with Crippen LogP contribution in [0.1, 0.15) is 73.6 Å². The van der Waals surface area contributed by atoms with Gasteiger partial charge in [0.15, 0.2) is 8.32 Å². The molecule has 9 heteroatoms. The number of piperidine rings is 1. The van der Waals surface area contributed by atoms with Crippen molar-refractivity contribution in [2.24, 2.45) is 5.41 Å². The van der Waals surface area contributed by atoms with Gasteiger partial charge in [0.2, 0.25) is 0 Å². The Kier molecular flexibility index (Phi) is 8.32. The average Bonchev–Trinajstić information content (AvgIpc) is 2.63. The molecule has 0 aromatic rings. The van der Waals surface area contributed by atoms with E-state index >= 15 is 0 Å². The van der Waals surface area contributed by atoms with Gasteiger partial charge in [0.05, 0.1) is 18.5 Å². The highest BCUT2D eigenvalue weighted by Gasteiger charge is 2.58. The van der Waals surface area contributed by atoms with E-state index in [1.54, 1.807) is 0 Å². The van der Waals surface area contributed by atoms with E-state index in [0.29, 0.717) is 13.0 Å². The van der Waals surface area contributed by atoms with Gasteiger partial charge in [-0.3, -0.25) is 4.18 Å². The fraction of sp³-hybridized carbons (Fsp3) is 0.955. The highest BCUT2D eigenvalue weighted by molar-refractivity contribution is 7.85. The summed E-state index contributed by atoms with van der Waals surface area (Å²) in [6.45, 7) is 13.8. The Hall–Kier alpha value is -0.643. The normalized spacial score (nSPS) is 27.3. The molecule has 1 aliphatic carbocycles. The van der Waals surface area contributed by atoms with Crippen LogP contribution >= 0.6 is 0 Å². The minimum atomic E-state index is -3.48. The Morgan fingerprint density at radius 1 is 1.10 bits per heavy atom. The van der Waals surface area contributed by atoms with Crippen molar-refractivity contribution in [2.45, 2.75) is 103 Å². The molecule has 0 atom stereocenters. The second-order valence-electron chi connectivity index (χ2n) is 10.7. The van der Waals surface area contributed by atoms with E-state index in [1.807, 2.05) is 25.7 Å². The molecule has 1 amide bonds. The maximum atomic E-state index is 12.6.